The molecule has 1 aliphatic rings. The Morgan fingerprint density at radius 1 is 1.18 bits per heavy atom. The number of amides is 1. The lowest BCUT2D eigenvalue weighted by atomic mass is 10.1. The Hall–Kier alpha value is -3.07. The number of unbranched alkanes of at least 4 members (excludes halogenated alkanes) is 1. The summed E-state index contributed by atoms with van der Waals surface area (Å²) in [4.78, 5) is 21.0. The van der Waals surface area contributed by atoms with Crippen LogP contribution in [-0.4, -0.2) is 48.5 Å². The molecule has 0 bridgehead atoms. The summed E-state index contributed by atoms with van der Waals surface area (Å²) >= 11 is 0. The fourth-order valence-electron chi connectivity index (χ4n) is 3.34. The van der Waals surface area contributed by atoms with E-state index in [1.54, 1.807) is 18.3 Å². The first kappa shape index (κ1) is 19.7. The van der Waals surface area contributed by atoms with E-state index in [0.717, 1.165) is 24.2 Å². The third-order valence-electron chi connectivity index (χ3n) is 5.01. The van der Waals surface area contributed by atoms with Crippen molar-refractivity contribution in [1.82, 2.24) is 9.88 Å². The van der Waals surface area contributed by atoms with Gasteiger partial charge in [-0.3, -0.25) is 4.79 Å². The minimum Gasteiger partial charge on any atom is -0.385 e. The Kier molecular flexibility index (Phi) is 6.85. The number of nitrogens with zero attached hydrogens (tertiary/aromatic N) is 4. The normalized spacial score (nSPS) is 13.9. The van der Waals surface area contributed by atoms with E-state index in [-0.39, 0.29) is 5.91 Å². The predicted octanol–water partition coefficient (Wildman–Crippen LogP) is 3.06. The smallest absolute Gasteiger partial charge is 0.227 e. The molecule has 1 fully saturated rings. The van der Waals surface area contributed by atoms with Crippen molar-refractivity contribution in [3.05, 3.63) is 53.7 Å². The van der Waals surface area contributed by atoms with Crippen LogP contribution in [0.15, 0.2) is 42.6 Å². The number of benzene rings is 1. The first-order chi connectivity index (χ1) is 13.7. The van der Waals surface area contributed by atoms with Gasteiger partial charge in [0.2, 0.25) is 5.91 Å². The Morgan fingerprint density at radius 3 is 2.61 bits per heavy atom. The molecule has 1 aromatic heterocycles. The van der Waals surface area contributed by atoms with Crippen molar-refractivity contribution in [2.45, 2.75) is 26.2 Å². The minimum absolute atomic E-state index is 0.146. The van der Waals surface area contributed by atoms with Crippen LogP contribution in [0.2, 0.25) is 0 Å². The monoisotopic (exact) mass is 377 g/mol. The number of nitrogens with one attached hydrogen (secondary N) is 1. The van der Waals surface area contributed by atoms with Crippen molar-refractivity contribution in [3.63, 3.8) is 0 Å². The number of nitriles is 1. The molecule has 1 N–H and O–H groups in total. The second kappa shape index (κ2) is 9.75. The van der Waals surface area contributed by atoms with Crippen LogP contribution in [0.5, 0.6) is 0 Å². The molecule has 1 aliphatic heterocycles. The van der Waals surface area contributed by atoms with Crippen LogP contribution in [0.3, 0.4) is 0 Å². The number of hydrogen-bond acceptors (Lipinski definition) is 5. The lowest BCUT2D eigenvalue weighted by molar-refractivity contribution is -0.130. The molecule has 6 nitrogen and oxygen atoms in total. The van der Waals surface area contributed by atoms with Crippen LogP contribution in [-0.2, 0) is 11.2 Å². The molecular weight excluding hydrogens is 350 g/mol. The Morgan fingerprint density at radius 2 is 1.93 bits per heavy atom. The van der Waals surface area contributed by atoms with Gasteiger partial charge >= 0.3 is 0 Å². The van der Waals surface area contributed by atoms with Crippen molar-refractivity contribution in [2.75, 3.05) is 42.9 Å². The summed E-state index contributed by atoms with van der Waals surface area (Å²) in [6.45, 7) is 5.83. The van der Waals surface area contributed by atoms with E-state index in [4.69, 9.17) is 0 Å². The molecule has 1 aromatic carbocycles. The molecule has 3 rings (SSSR count). The maximum absolute atomic E-state index is 12.7. The van der Waals surface area contributed by atoms with Gasteiger partial charge in [0, 0.05) is 44.6 Å². The number of carbonyl (C=O) groups is 1. The Bertz CT molecular complexity index is 820. The molecule has 28 heavy (non-hydrogen) atoms. The van der Waals surface area contributed by atoms with Crippen LogP contribution >= 0.6 is 0 Å². The van der Waals surface area contributed by atoms with E-state index in [9.17, 15) is 10.1 Å². The fraction of sp³-hybridized carbons (Fsp3) is 0.409. The van der Waals surface area contributed by atoms with E-state index in [2.05, 4.69) is 28.2 Å². The molecule has 6 heteroatoms. The molecule has 2 aromatic rings. The summed E-state index contributed by atoms with van der Waals surface area (Å²) in [6.07, 6.45) is 4.45. The third kappa shape index (κ3) is 5.01. The molecule has 2 heterocycles. The summed E-state index contributed by atoms with van der Waals surface area (Å²) in [6, 6.07) is 13.9. The molecule has 1 saturated heterocycles. The standard InChI is InChI=1S/C22H27N5O/c1-2-3-10-24-20-8-6-18(7-9-20)16-21(28)26-12-14-27(15-13-26)22-19(17-23)5-4-11-25-22/h4-9,11,24H,2-3,10,12-16H2,1H3. The lowest BCUT2D eigenvalue weighted by Gasteiger charge is -2.35. The van der Waals surface area contributed by atoms with Gasteiger partial charge in [-0.1, -0.05) is 25.5 Å². The summed E-state index contributed by atoms with van der Waals surface area (Å²) in [5.74, 6) is 0.858. The highest BCUT2D eigenvalue weighted by atomic mass is 16.2. The number of hydrogen-bond donors (Lipinski definition) is 1. The topological polar surface area (TPSA) is 72.3 Å². The number of rotatable bonds is 7. The van der Waals surface area contributed by atoms with Gasteiger partial charge in [-0.25, -0.2) is 4.98 Å². The average molecular weight is 377 g/mol. The van der Waals surface area contributed by atoms with Gasteiger partial charge in [0.25, 0.3) is 0 Å². The minimum atomic E-state index is 0.146. The Balaban J connectivity index is 1.51. The van der Waals surface area contributed by atoms with E-state index in [1.807, 2.05) is 29.2 Å². The van der Waals surface area contributed by atoms with Gasteiger partial charge < -0.3 is 15.1 Å². The van der Waals surface area contributed by atoms with Crippen LogP contribution < -0.4 is 10.2 Å². The number of anilines is 2. The van der Waals surface area contributed by atoms with Gasteiger partial charge in [0.15, 0.2) is 0 Å². The van der Waals surface area contributed by atoms with Gasteiger partial charge in [-0.2, -0.15) is 5.26 Å². The molecule has 0 atom stereocenters. The number of piperazine rings is 1. The highest BCUT2D eigenvalue weighted by Gasteiger charge is 2.23. The second-order valence-corrected chi connectivity index (χ2v) is 7.01. The first-order valence-electron chi connectivity index (χ1n) is 9.92. The maximum atomic E-state index is 12.7. The number of carbonyl (C=O) groups excluding carboxylic acids is 1. The van der Waals surface area contributed by atoms with Crippen molar-refractivity contribution in [3.8, 4) is 6.07 Å². The van der Waals surface area contributed by atoms with Gasteiger partial charge in [-0.05, 0) is 36.2 Å². The second-order valence-electron chi connectivity index (χ2n) is 7.01. The van der Waals surface area contributed by atoms with E-state index in [0.29, 0.717) is 44.0 Å². The first-order valence-corrected chi connectivity index (χ1v) is 9.92. The van der Waals surface area contributed by atoms with Crippen molar-refractivity contribution >= 4 is 17.4 Å². The molecule has 0 saturated carbocycles. The van der Waals surface area contributed by atoms with Crippen LogP contribution in [0, 0.1) is 11.3 Å². The Labute approximate surface area is 166 Å². The largest absolute Gasteiger partial charge is 0.385 e. The van der Waals surface area contributed by atoms with Gasteiger partial charge in [0.1, 0.15) is 11.9 Å². The molecule has 0 radical (unpaired) electrons. The molecule has 146 valence electrons. The van der Waals surface area contributed by atoms with Gasteiger partial charge in [0.05, 0.1) is 12.0 Å². The third-order valence-corrected chi connectivity index (χ3v) is 5.01. The van der Waals surface area contributed by atoms with Crippen LogP contribution in [0.4, 0.5) is 11.5 Å². The van der Waals surface area contributed by atoms with E-state index in [1.165, 1.54) is 6.42 Å². The van der Waals surface area contributed by atoms with Crippen molar-refractivity contribution in [2.24, 2.45) is 0 Å². The molecular formula is C22H27N5O. The van der Waals surface area contributed by atoms with Crippen molar-refractivity contribution in [1.29, 1.82) is 5.26 Å². The fourth-order valence-corrected chi connectivity index (χ4v) is 3.34. The number of pyridine rings is 1. The predicted molar refractivity (Wildman–Crippen MR) is 111 cm³/mol. The van der Waals surface area contributed by atoms with Gasteiger partial charge in [-0.15, -0.1) is 0 Å². The van der Waals surface area contributed by atoms with Crippen molar-refractivity contribution < 1.29 is 4.79 Å². The van der Waals surface area contributed by atoms with E-state index < -0.39 is 0 Å². The maximum Gasteiger partial charge on any atom is 0.227 e. The zero-order chi connectivity index (χ0) is 19.8. The highest BCUT2D eigenvalue weighted by molar-refractivity contribution is 5.79. The zero-order valence-electron chi connectivity index (χ0n) is 16.4. The molecule has 0 spiro atoms. The summed E-state index contributed by atoms with van der Waals surface area (Å²) in [7, 11) is 0. The van der Waals surface area contributed by atoms with Crippen LogP contribution in [0.1, 0.15) is 30.9 Å². The van der Waals surface area contributed by atoms with E-state index >= 15 is 0 Å². The quantitative estimate of drug-likeness (QED) is 0.751. The molecule has 0 aliphatic carbocycles. The SMILES string of the molecule is CCCCNc1ccc(CC(=O)N2CCN(c3ncccc3C#N)CC2)cc1. The molecule has 1 amide bonds. The summed E-state index contributed by atoms with van der Waals surface area (Å²) < 4.78 is 0. The molecule has 0 unspecified atom stereocenters. The zero-order valence-corrected chi connectivity index (χ0v) is 16.4. The number of aromatic nitrogens is 1. The average Bonchev–Trinajstić information content (AvgIpc) is 2.75. The lowest BCUT2D eigenvalue weighted by Crippen LogP contribution is -2.49. The summed E-state index contributed by atoms with van der Waals surface area (Å²) in [5, 5.41) is 12.6. The summed E-state index contributed by atoms with van der Waals surface area (Å²) in [5.41, 5.74) is 2.71. The highest BCUT2D eigenvalue weighted by Crippen LogP contribution is 2.18. The van der Waals surface area contributed by atoms with Crippen LogP contribution in [0.25, 0.3) is 0 Å².